The van der Waals surface area contributed by atoms with Crippen molar-refractivity contribution in [1.29, 1.82) is 0 Å². The van der Waals surface area contributed by atoms with Gasteiger partial charge in [0.15, 0.2) is 0 Å². The van der Waals surface area contributed by atoms with Gasteiger partial charge in [0.2, 0.25) is 5.91 Å². The Bertz CT molecular complexity index is 1410. The van der Waals surface area contributed by atoms with Gasteiger partial charge >= 0.3 is 0 Å². The maximum atomic E-state index is 12.6. The van der Waals surface area contributed by atoms with Crippen molar-refractivity contribution in [1.82, 2.24) is 5.32 Å². The molecule has 0 fully saturated rings. The zero-order chi connectivity index (χ0) is 59.8. The van der Waals surface area contributed by atoms with Crippen LogP contribution < -0.4 is 5.32 Å². The molecule has 0 heterocycles. The molecule has 0 aliphatic rings. The molecule has 0 aliphatic carbocycles. The highest BCUT2D eigenvalue weighted by molar-refractivity contribution is 5.76. The number of hydrogen-bond donors (Lipinski definition) is 3. The maximum absolute atomic E-state index is 12.6. The average Bonchev–Trinajstić information content (AvgIpc) is 3.51. The molecule has 2 unspecified atom stereocenters. The molecule has 83 heavy (non-hydrogen) atoms. The van der Waals surface area contributed by atoms with E-state index in [1.165, 1.54) is 315 Å². The summed E-state index contributed by atoms with van der Waals surface area (Å²) in [5, 5.41) is 23.5. The number of nitrogens with one attached hydrogen (secondary N) is 1. The summed E-state index contributed by atoms with van der Waals surface area (Å²) in [6, 6.07) is -0.539. The molecule has 3 N–H and O–H groups in total. The lowest BCUT2D eigenvalue weighted by Gasteiger charge is -2.22. The van der Waals surface area contributed by atoms with E-state index in [1.54, 1.807) is 0 Å². The number of rotatable bonds is 70. The number of carbonyl (C=O) groups excluding carboxylic acids is 1. The second kappa shape index (κ2) is 74.1. The summed E-state index contributed by atoms with van der Waals surface area (Å²) < 4.78 is 0. The molecule has 0 rings (SSSR count). The van der Waals surface area contributed by atoms with E-state index in [0.29, 0.717) is 12.8 Å². The molecule has 0 radical (unpaired) electrons. The minimum Gasteiger partial charge on any atom is -0.394 e. The van der Waals surface area contributed by atoms with Crippen molar-refractivity contribution in [2.75, 3.05) is 6.61 Å². The van der Waals surface area contributed by atoms with Gasteiger partial charge < -0.3 is 15.5 Å². The number of aliphatic hydroxyl groups is 2. The van der Waals surface area contributed by atoms with E-state index >= 15 is 0 Å². The van der Waals surface area contributed by atoms with Crippen molar-refractivity contribution < 1.29 is 15.0 Å². The van der Waals surface area contributed by atoms with Crippen molar-refractivity contribution in [3.05, 3.63) is 72.9 Å². The van der Waals surface area contributed by atoms with E-state index in [-0.39, 0.29) is 12.5 Å². The van der Waals surface area contributed by atoms with E-state index in [2.05, 4.69) is 92.1 Å². The Morgan fingerprint density at radius 1 is 0.301 bits per heavy atom. The highest BCUT2D eigenvalue weighted by Crippen LogP contribution is 2.20. The molecular weight excluding hydrogens is 1010 g/mol. The van der Waals surface area contributed by atoms with Crippen LogP contribution in [0.4, 0.5) is 0 Å². The third-order valence-corrected chi connectivity index (χ3v) is 17.5. The molecule has 0 saturated heterocycles. The van der Waals surface area contributed by atoms with Gasteiger partial charge in [0, 0.05) is 6.42 Å². The van der Waals surface area contributed by atoms with Gasteiger partial charge in [-0.3, -0.25) is 4.79 Å². The first-order chi connectivity index (χ1) is 41.2. The Balaban J connectivity index is 3.40. The van der Waals surface area contributed by atoms with Crippen LogP contribution in [-0.4, -0.2) is 34.9 Å². The first-order valence-corrected chi connectivity index (χ1v) is 37.6. The van der Waals surface area contributed by atoms with E-state index in [9.17, 15) is 15.0 Å². The van der Waals surface area contributed by atoms with Crippen LogP contribution in [0, 0.1) is 0 Å². The fraction of sp³-hybridized carbons (Fsp3) is 0.835. The summed E-state index contributed by atoms with van der Waals surface area (Å²) in [5.41, 5.74) is 0. The van der Waals surface area contributed by atoms with Gasteiger partial charge in [0.05, 0.1) is 18.8 Å². The van der Waals surface area contributed by atoms with Gasteiger partial charge in [-0.15, -0.1) is 0 Å². The molecule has 0 aliphatic heterocycles. The Hall–Kier alpha value is -2.17. The Morgan fingerprint density at radius 2 is 0.530 bits per heavy atom. The van der Waals surface area contributed by atoms with Gasteiger partial charge in [-0.25, -0.2) is 0 Å². The van der Waals surface area contributed by atoms with Crippen LogP contribution in [0.3, 0.4) is 0 Å². The molecule has 1 amide bonds. The highest BCUT2D eigenvalue weighted by atomic mass is 16.3. The number of allylic oxidation sites excluding steroid dienone is 12. The second-order valence-corrected chi connectivity index (χ2v) is 25.7. The van der Waals surface area contributed by atoms with Crippen LogP contribution in [0.15, 0.2) is 72.9 Å². The predicted octanol–water partition coefficient (Wildman–Crippen LogP) is 26.0. The zero-order valence-corrected chi connectivity index (χ0v) is 56.2. The smallest absolute Gasteiger partial charge is 0.220 e. The average molecular weight is 1160 g/mol. The Kier molecular flexibility index (Phi) is 72.1. The molecule has 0 spiro atoms. The first kappa shape index (κ1) is 80.8. The maximum Gasteiger partial charge on any atom is 0.220 e. The lowest BCUT2D eigenvalue weighted by molar-refractivity contribution is -0.123. The molecular formula is C79H147NO3. The Morgan fingerprint density at radius 3 is 0.795 bits per heavy atom. The lowest BCUT2D eigenvalue weighted by Crippen LogP contribution is -2.45. The fourth-order valence-corrected chi connectivity index (χ4v) is 11.8. The standard InChI is InChI=1S/C79H147NO3/c1-3-5-7-9-11-13-15-17-19-21-23-25-27-29-31-33-35-36-37-38-39-40-41-42-43-44-45-47-49-51-53-55-57-59-61-63-65-67-69-71-73-75-79(83)80-77(76-81)78(82)74-72-70-68-66-64-62-60-58-56-54-52-50-48-46-34-32-30-28-26-24-22-20-18-16-14-12-10-8-6-4-2/h5,7,11,13,17,19,23,25,29,31,35-36,77-78,81-82H,3-4,6,8-10,12,14-16,18,20-22,24,26-28,30,32-34,37-76H2,1-2H3,(H,80,83)/b7-5-,13-11-,19-17-,25-23-,31-29-,36-35-. The zero-order valence-electron chi connectivity index (χ0n) is 56.2. The van der Waals surface area contributed by atoms with Crippen LogP contribution in [0.5, 0.6) is 0 Å². The predicted molar refractivity (Wildman–Crippen MR) is 373 cm³/mol. The minimum absolute atomic E-state index is 0.0235. The van der Waals surface area contributed by atoms with Gasteiger partial charge in [-0.2, -0.15) is 0 Å². The molecule has 0 aromatic rings. The first-order valence-electron chi connectivity index (χ1n) is 37.6. The van der Waals surface area contributed by atoms with Gasteiger partial charge in [0.1, 0.15) is 0 Å². The van der Waals surface area contributed by atoms with Crippen molar-refractivity contribution >= 4 is 5.91 Å². The normalized spacial score (nSPS) is 13.1. The van der Waals surface area contributed by atoms with Crippen LogP contribution in [0.25, 0.3) is 0 Å². The van der Waals surface area contributed by atoms with Crippen molar-refractivity contribution in [2.24, 2.45) is 0 Å². The van der Waals surface area contributed by atoms with Gasteiger partial charge in [0.25, 0.3) is 0 Å². The van der Waals surface area contributed by atoms with E-state index in [4.69, 9.17) is 0 Å². The largest absolute Gasteiger partial charge is 0.394 e. The SMILES string of the molecule is CC/C=C\C/C=C\C/C=C\C/C=C\C/C=C\C/C=C\CCCCCCCCCCCCCCCCCCCCCCCCC(=O)NC(CO)C(O)CCCCCCCCCCCCCCCCCCCCCCCCCCCCCCCC. The minimum atomic E-state index is -0.662. The van der Waals surface area contributed by atoms with Crippen molar-refractivity contribution in [3.63, 3.8) is 0 Å². The van der Waals surface area contributed by atoms with E-state index < -0.39 is 12.1 Å². The summed E-state index contributed by atoms with van der Waals surface area (Å²) in [4.78, 5) is 12.6. The van der Waals surface area contributed by atoms with Crippen molar-refractivity contribution in [3.8, 4) is 0 Å². The number of unbranched alkanes of at least 4 members (excludes halogenated alkanes) is 51. The van der Waals surface area contributed by atoms with E-state index in [1.807, 2.05) is 0 Å². The second-order valence-electron chi connectivity index (χ2n) is 25.7. The topological polar surface area (TPSA) is 69.6 Å². The molecule has 4 heteroatoms. The Labute approximate surface area is 520 Å². The molecule has 0 saturated carbocycles. The molecule has 4 nitrogen and oxygen atoms in total. The monoisotopic (exact) mass is 1160 g/mol. The third-order valence-electron chi connectivity index (χ3n) is 17.5. The summed E-state index contributed by atoms with van der Waals surface area (Å²) in [5.74, 6) is -0.0235. The van der Waals surface area contributed by atoms with E-state index in [0.717, 1.165) is 64.2 Å². The molecule has 0 aromatic carbocycles. The number of amides is 1. The third kappa shape index (κ3) is 70.5. The number of aliphatic hydroxyl groups excluding tert-OH is 2. The molecule has 2 atom stereocenters. The summed E-state index contributed by atoms with van der Waals surface area (Å²) in [6.07, 6.45) is 107. The fourth-order valence-electron chi connectivity index (χ4n) is 11.8. The number of carbonyl (C=O) groups is 1. The van der Waals surface area contributed by atoms with Crippen molar-refractivity contribution in [2.45, 2.75) is 418 Å². The van der Waals surface area contributed by atoms with Crippen LogP contribution >= 0.6 is 0 Å². The van der Waals surface area contributed by atoms with Gasteiger partial charge in [-0.1, -0.05) is 408 Å². The summed E-state index contributed by atoms with van der Waals surface area (Å²) >= 11 is 0. The van der Waals surface area contributed by atoms with Gasteiger partial charge in [-0.05, 0) is 64.2 Å². The highest BCUT2D eigenvalue weighted by Gasteiger charge is 2.20. The molecule has 0 aromatic heterocycles. The lowest BCUT2D eigenvalue weighted by atomic mass is 10.0. The van der Waals surface area contributed by atoms with Crippen LogP contribution in [0.1, 0.15) is 406 Å². The molecule has 0 bridgehead atoms. The quantitative estimate of drug-likeness (QED) is 0.0420. The van der Waals surface area contributed by atoms with Crippen LogP contribution in [-0.2, 0) is 4.79 Å². The summed E-state index contributed by atoms with van der Waals surface area (Å²) in [6.45, 7) is 4.29. The summed E-state index contributed by atoms with van der Waals surface area (Å²) in [7, 11) is 0. The molecule has 486 valence electrons. The van der Waals surface area contributed by atoms with Crippen LogP contribution in [0.2, 0.25) is 0 Å². The number of hydrogen-bond acceptors (Lipinski definition) is 3.